The first-order chi connectivity index (χ1) is 8.78. The van der Waals surface area contributed by atoms with Crippen molar-refractivity contribution < 1.29 is 9.84 Å². The largest absolute Gasteiger partial charge is 0.396 e. The lowest BCUT2D eigenvalue weighted by molar-refractivity contribution is -0.0128. The Labute approximate surface area is 111 Å². The number of likely N-dealkylation sites (tertiary alicyclic amines) is 1. The number of nitrogens with zero attached hydrogens (tertiary/aromatic N) is 1. The summed E-state index contributed by atoms with van der Waals surface area (Å²) < 4.78 is 5.52. The van der Waals surface area contributed by atoms with Crippen LogP contribution < -0.4 is 5.32 Å². The molecule has 2 N–H and O–H groups in total. The number of aliphatic hydroxyl groups is 1. The molecular weight excluding hydrogens is 228 g/mol. The van der Waals surface area contributed by atoms with Crippen LogP contribution in [0.25, 0.3) is 0 Å². The predicted octanol–water partition coefficient (Wildman–Crippen LogP) is 0.707. The van der Waals surface area contributed by atoms with Crippen molar-refractivity contribution in [1.29, 1.82) is 0 Å². The van der Waals surface area contributed by atoms with Crippen LogP contribution in [0.5, 0.6) is 0 Å². The van der Waals surface area contributed by atoms with Crippen LogP contribution in [0.1, 0.15) is 25.7 Å². The number of hydrogen-bond acceptors (Lipinski definition) is 4. The van der Waals surface area contributed by atoms with E-state index in [4.69, 9.17) is 4.74 Å². The molecule has 0 aromatic carbocycles. The van der Waals surface area contributed by atoms with E-state index in [0.29, 0.717) is 17.9 Å². The average Bonchev–Trinajstić information content (AvgIpc) is 2.40. The van der Waals surface area contributed by atoms with Crippen molar-refractivity contribution in [2.75, 3.05) is 53.0 Å². The Kier molecular flexibility index (Phi) is 5.42. The highest BCUT2D eigenvalue weighted by atomic mass is 16.5. The molecule has 1 atom stereocenters. The van der Waals surface area contributed by atoms with Crippen LogP contribution in [-0.2, 0) is 4.74 Å². The second-order valence-electron chi connectivity index (χ2n) is 6.07. The number of hydrogen-bond donors (Lipinski definition) is 2. The molecule has 2 aliphatic rings. The SMILES string of the molecule is CNCC1(CN2CCCC(CO)C2)CCOCC1. The minimum absolute atomic E-state index is 0.346. The van der Waals surface area contributed by atoms with Crippen molar-refractivity contribution in [2.45, 2.75) is 25.7 Å². The predicted molar refractivity (Wildman–Crippen MR) is 72.7 cm³/mol. The second kappa shape index (κ2) is 6.85. The van der Waals surface area contributed by atoms with Crippen molar-refractivity contribution in [3.05, 3.63) is 0 Å². The van der Waals surface area contributed by atoms with Gasteiger partial charge in [0.15, 0.2) is 0 Å². The van der Waals surface area contributed by atoms with Gasteiger partial charge in [-0.25, -0.2) is 0 Å². The highest BCUT2D eigenvalue weighted by Gasteiger charge is 2.35. The Balaban J connectivity index is 1.91. The van der Waals surface area contributed by atoms with Crippen LogP contribution in [0.2, 0.25) is 0 Å². The number of ether oxygens (including phenoxy) is 1. The summed E-state index contributed by atoms with van der Waals surface area (Å²) in [6.07, 6.45) is 4.74. The molecule has 1 unspecified atom stereocenters. The van der Waals surface area contributed by atoms with Gasteiger partial charge in [0.25, 0.3) is 0 Å². The molecule has 2 rings (SSSR count). The molecule has 4 nitrogen and oxygen atoms in total. The number of aliphatic hydroxyl groups excluding tert-OH is 1. The highest BCUT2D eigenvalue weighted by molar-refractivity contribution is 4.88. The fraction of sp³-hybridized carbons (Fsp3) is 1.00. The number of piperidine rings is 1. The molecule has 0 aromatic rings. The van der Waals surface area contributed by atoms with Gasteiger partial charge in [-0.3, -0.25) is 0 Å². The van der Waals surface area contributed by atoms with E-state index in [1.54, 1.807) is 0 Å². The molecule has 0 radical (unpaired) electrons. The van der Waals surface area contributed by atoms with Gasteiger partial charge in [0, 0.05) is 39.5 Å². The van der Waals surface area contributed by atoms with Gasteiger partial charge in [-0.1, -0.05) is 0 Å². The van der Waals surface area contributed by atoms with Crippen molar-refractivity contribution in [3.63, 3.8) is 0 Å². The summed E-state index contributed by atoms with van der Waals surface area (Å²) in [5.74, 6) is 0.491. The first kappa shape index (κ1) is 14.3. The summed E-state index contributed by atoms with van der Waals surface area (Å²) in [5.41, 5.74) is 0.379. The van der Waals surface area contributed by atoms with E-state index in [0.717, 1.165) is 45.7 Å². The van der Waals surface area contributed by atoms with Crippen LogP contribution in [0, 0.1) is 11.3 Å². The van der Waals surface area contributed by atoms with E-state index in [2.05, 4.69) is 10.2 Å². The number of nitrogens with one attached hydrogen (secondary N) is 1. The zero-order valence-electron chi connectivity index (χ0n) is 11.7. The Bertz CT molecular complexity index is 236. The zero-order chi connectivity index (χ0) is 12.8. The second-order valence-corrected chi connectivity index (χ2v) is 6.07. The van der Waals surface area contributed by atoms with E-state index < -0.39 is 0 Å². The monoisotopic (exact) mass is 256 g/mol. The summed E-state index contributed by atoms with van der Waals surface area (Å²) in [6.45, 7) is 6.66. The fourth-order valence-electron chi connectivity index (χ4n) is 3.49. The topological polar surface area (TPSA) is 44.7 Å². The van der Waals surface area contributed by atoms with Gasteiger partial charge in [-0.2, -0.15) is 0 Å². The van der Waals surface area contributed by atoms with Gasteiger partial charge < -0.3 is 20.1 Å². The lowest BCUT2D eigenvalue weighted by Crippen LogP contribution is -2.49. The van der Waals surface area contributed by atoms with Crippen LogP contribution in [0.15, 0.2) is 0 Å². The summed E-state index contributed by atoms with van der Waals surface area (Å²) in [4.78, 5) is 2.56. The standard InChI is InChI=1S/C14H28N2O2/c1-15-11-14(4-7-18-8-5-14)12-16-6-2-3-13(9-16)10-17/h13,15,17H,2-12H2,1H3. The molecule has 18 heavy (non-hydrogen) atoms. The minimum atomic E-state index is 0.346. The lowest BCUT2D eigenvalue weighted by Gasteiger charge is -2.43. The fourth-order valence-corrected chi connectivity index (χ4v) is 3.49. The minimum Gasteiger partial charge on any atom is -0.396 e. The third-order valence-corrected chi connectivity index (χ3v) is 4.53. The third kappa shape index (κ3) is 3.67. The summed E-state index contributed by atoms with van der Waals surface area (Å²) in [6, 6.07) is 0. The third-order valence-electron chi connectivity index (χ3n) is 4.53. The zero-order valence-corrected chi connectivity index (χ0v) is 11.7. The van der Waals surface area contributed by atoms with Crippen LogP contribution in [0.3, 0.4) is 0 Å². The van der Waals surface area contributed by atoms with Gasteiger partial charge in [0.05, 0.1) is 0 Å². The maximum atomic E-state index is 9.32. The first-order valence-corrected chi connectivity index (χ1v) is 7.33. The van der Waals surface area contributed by atoms with Crippen molar-refractivity contribution in [3.8, 4) is 0 Å². The van der Waals surface area contributed by atoms with Crippen LogP contribution in [-0.4, -0.2) is 63.1 Å². The molecule has 0 aliphatic carbocycles. The lowest BCUT2D eigenvalue weighted by atomic mass is 9.79. The van der Waals surface area contributed by atoms with Crippen molar-refractivity contribution in [1.82, 2.24) is 10.2 Å². The Morgan fingerprint density at radius 2 is 2.17 bits per heavy atom. The molecule has 2 aliphatic heterocycles. The Morgan fingerprint density at radius 3 is 2.83 bits per heavy atom. The maximum Gasteiger partial charge on any atom is 0.0472 e. The summed E-state index contributed by atoms with van der Waals surface area (Å²) in [5, 5.41) is 12.7. The molecule has 2 fully saturated rings. The molecule has 0 aromatic heterocycles. The van der Waals surface area contributed by atoms with Crippen LogP contribution in [0.4, 0.5) is 0 Å². The van der Waals surface area contributed by atoms with Gasteiger partial charge in [0.1, 0.15) is 0 Å². The highest BCUT2D eigenvalue weighted by Crippen LogP contribution is 2.32. The van der Waals surface area contributed by atoms with Gasteiger partial charge in [-0.15, -0.1) is 0 Å². The number of rotatable bonds is 5. The molecular formula is C14H28N2O2. The van der Waals surface area contributed by atoms with E-state index >= 15 is 0 Å². The van der Waals surface area contributed by atoms with Gasteiger partial charge >= 0.3 is 0 Å². The molecule has 0 saturated carbocycles. The van der Waals surface area contributed by atoms with E-state index in [9.17, 15) is 5.11 Å². The van der Waals surface area contributed by atoms with E-state index in [1.807, 2.05) is 7.05 Å². The molecule has 4 heteroatoms. The molecule has 0 bridgehead atoms. The van der Waals surface area contributed by atoms with Gasteiger partial charge in [-0.05, 0) is 50.6 Å². The van der Waals surface area contributed by atoms with E-state index in [-0.39, 0.29) is 0 Å². The Hall–Kier alpha value is -0.160. The van der Waals surface area contributed by atoms with Crippen molar-refractivity contribution >= 4 is 0 Å². The van der Waals surface area contributed by atoms with Crippen LogP contribution >= 0.6 is 0 Å². The quantitative estimate of drug-likeness (QED) is 0.760. The van der Waals surface area contributed by atoms with Crippen molar-refractivity contribution in [2.24, 2.45) is 11.3 Å². The molecule has 106 valence electrons. The van der Waals surface area contributed by atoms with Gasteiger partial charge in [0.2, 0.25) is 0 Å². The molecule has 2 heterocycles. The van der Waals surface area contributed by atoms with E-state index in [1.165, 1.54) is 19.4 Å². The summed E-state index contributed by atoms with van der Waals surface area (Å²) >= 11 is 0. The Morgan fingerprint density at radius 1 is 1.39 bits per heavy atom. The average molecular weight is 256 g/mol. The summed E-state index contributed by atoms with van der Waals surface area (Å²) in [7, 11) is 2.05. The molecule has 0 spiro atoms. The molecule has 0 amide bonds. The maximum absolute atomic E-state index is 9.32. The smallest absolute Gasteiger partial charge is 0.0472 e. The first-order valence-electron chi connectivity index (χ1n) is 7.33. The normalized spacial score (nSPS) is 29.3. The molecule has 2 saturated heterocycles.